The van der Waals surface area contributed by atoms with Gasteiger partial charge in [-0.25, -0.2) is 4.98 Å². The fraction of sp³-hybridized carbons (Fsp3) is 0.438. The predicted octanol–water partition coefficient (Wildman–Crippen LogP) is 1.58. The van der Waals surface area contributed by atoms with Crippen LogP contribution < -0.4 is 10.2 Å². The normalized spacial score (nSPS) is 16.4. The monoisotopic (exact) mass is 270 g/mol. The molecule has 0 saturated carbocycles. The Balaban J connectivity index is 1.70. The van der Waals surface area contributed by atoms with Gasteiger partial charge in [0.2, 0.25) is 0 Å². The molecule has 0 amide bonds. The first-order valence-corrected chi connectivity index (χ1v) is 7.32. The number of aromatic nitrogens is 1. The second-order valence-electron chi connectivity index (χ2n) is 5.37. The lowest BCUT2D eigenvalue weighted by atomic mass is 10.1. The van der Waals surface area contributed by atoms with E-state index in [1.807, 2.05) is 6.20 Å². The Hall–Kier alpha value is -1.65. The molecule has 1 aliphatic heterocycles. The van der Waals surface area contributed by atoms with E-state index in [2.05, 4.69) is 57.5 Å². The van der Waals surface area contributed by atoms with Gasteiger partial charge in [-0.3, -0.25) is 4.90 Å². The van der Waals surface area contributed by atoms with Crippen LogP contribution in [0.3, 0.4) is 0 Å². The SMILES string of the molecule is CN(CCN1CCNCC1)c1nccc2ccccc12. The molecule has 1 aromatic heterocycles. The maximum Gasteiger partial charge on any atom is 0.136 e. The van der Waals surface area contributed by atoms with Gasteiger partial charge in [0, 0.05) is 57.9 Å². The van der Waals surface area contributed by atoms with E-state index in [9.17, 15) is 0 Å². The van der Waals surface area contributed by atoms with Crippen LogP contribution in [0.4, 0.5) is 5.82 Å². The zero-order valence-electron chi connectivity index (χ0n) is 12.0. The number of piperazine rings is 1. The van der Waals surface area contributed by atoms with Crippen molar-refractivity contribution in [1.29, 1.82) is 0 Å². The average Bonchev–Trinajstić information content (AvgIpc) is 2.53. The summed E-state index contributed by atoms with van der Waals surface area (Å²) in [7, 11) is 2.14. The zero-order chi connectivity index (χ0) is 13.8. The molecule has 2 aromatic rings. The molecule has 4 heteroatoms. The van der Waals surface area contributed by atoms with E-state index in [0.29, 0.717) is 0 Å². The van der Waals surface area contributed by atoms with Crippen LogP contribution in [0.15, 0.2) is 36.5 Å². The summed E-state index contributed by atoms with van der Waals surface area (Å²) in [4.78, 5) is 9.35. The molecule has 20 heavy (non-hydrogen) atoms. The lowest BCUT2D eigenvalue weighted by Crippen LogP contribution is -2.46. The first-order valence-electron chi connectivity index (χ1n) is 7.32. The van der Waals surface area contributed by atoms with Crippen LogP contribution in [0.2, 0.25) is 0 Å². The van der Waals surface area contributed by atoms with Gasteiger partial charge in [-0.2, -0.15) is 0 Å². The fourth-order valence-corrected chi connectivity index (χ4v) is 2.74. The largest absolute Gasteiger partial charge is 0.358 e. The first-order chi connectivity index (χ1) is 9.84. The molecular weight excluding hydrogens is 248 g/mol. The first kappa shape index (κ1) is 13.3. The highest BCUT2D eigenvalue weighted by molar-refractivity contribution is 5.91. The van der Waals surface area contributed by atoms with Crippen molar-refractivity contribution in [3.63, 3.8) is 0 Å². The van der Waals surface area contributed by atoms with Gasteiger partial charge in [-0.05, 0) is 11.5 Å². The molecule has 1 fully saturated rings. The van der Waals surface area contributed by atoms with Crippen molar-refractivity contribution < 1.29 is 0 Å². The third-order valence-corrected chi connectivity index (χ3v) is 3.98. The molecule has 0 atom stereocenters. The summed E-state index contributed by atoms with van der Waals surface area (Å²) in [5.41, 5.74) is 0. The van der Waals surface area contributed by atoms with Crippen molar-refractivity contribution in [3.8, 4) is 0 Å². The summed E-state index contributed by atoms with van der Waals surface area (Å²) in [5.74, 6) is 1.08. The van der Waals surface area contributed by atoms with Gasteiger partial charge in [0.15, 0.2) is 0 Å². The Morgan fingerprint density at radius 2 is 2.00 bits per heavy atom. The van der Waals surface area contributed by atoms with Crippen LogP contribution in [-0.2, 0) is 0 Å². The molecule has 1 aliphatic rings. The number of rotatable bonds is 4. The van der Waals surface area contributed by atoms with Crippen molar-refractivity contribution in [2.45, 2.75) is 0 Å². The maximum atomic E-state index is 4.57. The van der Waals surface area contributed by atoms with Gasteiger partial charge in [-0.15, -0.1) is 0 Å². The van der Waals surface area contributed by atoms with E-state index >= 15 is 0 Å². The quantitative estimate of drug-likeness (QED) is 0.914. The third kappa shape index (κ3) is 2.92. The van der Waals surface area contributed by atoms with E-state index < -0.39 is 0 Å². The summed E-state index contributed by atoms with van der Waals surface area (Å²) in [6.45, 7) is 6.63. The molecule has 3 rings (SSSR count). The Kier molecular flexibility index (Phi) is 4.14. The number of nitrogens with one attached hydrogen (secondary N) is 1. The van der Waals surface area contributed by atoms with Crippen LogP contribution in [0.25, 0.3) is 10.8 Å². The van der Waals surface area contributed by atoms with Crippen LogP contribution in [0.1, 0.15) is 0 Å². The highest BCUT2D eigenvalue weighted by Crippen LogP contribution is 2.22. The van der Waals surface area contributed by atoms with Crippen LogP contribution in [0, 0.1) is 0 Å². The third-order valence-electron chi connectivity index (χ3n) is 3.98. The summed E-state index contributed by atoms with van der Waals surface area (Å²) in [5, 5.41) is 5.88. The maximum absolute atomic E-state index is 4.57. The predicted molar refractivity (Wildman–Crippen MR) is 84.3 cm³/mol. The number of hydrogen-bond acceptors (Lipinski definition) is 4. The lowest BCUT2D eigenvalue weighted by Gasteiger charge is -2.29. The number of pyridine rings is 1. The van der Waals surface area contributed by atoms with E-state index in [0.717, 1.165) is 45.1 Å². The van der Waals surface area contributed by atoms with Crippen LogP contribution in [-0.4, -0.2) is 56.2 Å². The lowest BCUT2D eigenvalue weighted by molar-refractivity contribution is 0.246. The number of anilines is 1. The fourth-order valence-electron chi connectivity index (χ4n) is 2.74. The molecule has 4 nitrogen and oxygen atoms in total. The van der Waals surface area contributed by atoms with E-state index in [-0.39, 0.29) is 0 Å². The van der Waals surface area contributed by atoms with Gasteiger partial charge in [0.1, 0.15) is 5.82 Å². The van der Waals surface area contributed by atoms with Gasteiger partial charge in [0.25, 0.3) is 0 Å². The zero-order valence-corrected chi connectivity index (χ0v) is 12.0. The second kappa shape index (κ2) is 6.20. The van der Waals surface area contributed by atoms with Crippen LogP contribution in [0.5, 0.6) is 0 Å². The Morgan fingerprint density at radius 3 is 2.85 bits per heavy atom. The minimum Gasteiger partial charge on any atom is -0.358 e. The van der Waals surface area contributed by atoms with Crippen molar-refractivity contribution in [2.75, 3.05) is 51.2 Å². The van der Waals surface area contributed by atoms with Crippen LogP contribution >= 0.6 is 0 Å². The number of nitrogens with zero attached hydrogens (tertiary/aromatic N) is 3. The van der Waals surface area contributed by atoms with E-state index in [1.54, 1.807) is 0 Å². The summed E-state index contributed by atoms with van der Waals surface area (Å²) < 4.78 is 0. The van der Waals surface area contributed by atoms with Gasteiger partial charge >= 0.3 is 0 Å². The topological polar surface area (TPSA) is 31.4 Å². The Labute approximate surface area is 120 Å². The molecule has 2 heterocycles. The molecular formula is C16H22N4. The molecule has 0 unspecified atom stereocenters. The number of likely N-dealkylation sites (N-methyl/N-ethyl adjacent to an activating group) is 1. The summed E-state index contributed by atoms with van der Waals surface area (Å²) >= 11 is 0. The van der Waals surface area contributed by atoms with Crippen molar-refractivity contribution in [2.24, 2.45) is 0 Å². The molecule has 0 bridgehead atoms. The number of fused-ring (bicyclic) bond motifs is 1. The minimum absolute atomic E-state index is 1.01. The van der Waals surface area contributed by atoms with Crippen molar-refractivity contribution >= 4 is 16.6 Å². The standard InChI is InChI=1S/C16H22N4/c1-19(12-13-20-10-8-17-9-11-20)16-15-5-3-2-4-14(15)6-7-18-16/h2-7,17H,8-13H2,1H3. The molecule has 0 radical (unpaired) electrons. The molecule has 1 saturated heterocycles. The number of benzene rings is 1. The van der Waals surface area contributed by atoms with Gasteiger partial charge in [-0.1, -0.05) is 24.3 Å². The second-order valence-corrected chi connectivity index (χ2v) is 5.37. The molecule has 1 N–H and O–H groups in total. The summed E-state index contributed by atoms with van der Waals surface area (Å²) in [6.07, 6.45) is 1.90. The average molecular weight is 270 g/mol. The highest BCUT2D eigenvalue weighted by Gasteiger charge is 2.12. The molecule has 0 aliphatic carbocycles. The van der Waals surface area contributed by atoms with Crippen molar-refractivity contribution in [1.82, 2.24) is 15.2 Å². The van der Waals surface area contributed by atoms with Crippen molar-refractivity contribution in [3.05, 3.63) is 36.5 Å². The Bertz CT molecular complexity index is 558. The van der Waals surface area contributed by atoms with E-state index in [1.165, 1.54) is 10.8 Å². The Morgan fingerprint density at radius 1 is 1.20 bits per heavy atom. The highest BCUT2D eigenvalue weighted by atomic mass is 15.2. The molecule has 106 valence electrons. The smallest absolute Gasteiger partial charge is 0.136 e. The van der Waals surface area contributed by atoms with Gasteiger partial charge < -0.3 is 10.2 Å². The minimum atomic E-state index is 1.01. The van der Waals surface area contributed by atoms with Gasteiger partial charge in [0.05, 0.1) is 0 Å². The number of hydrogen-bond donors (Lipinski definition) is 1. The summed E-state index contributed by atoms with van der Waals surface area (Å²) in [6, 6.07) is 10.5. The molecule has 1 aromatic carbocycles. The van der Waals surface area contributed by atoms with E-state index in [4.69, 9.17) is 0 Å². The molecule has 0 spiro atoms.